The van der Waals surface area contributed by atoms with Crippen LogP contribution in [0.3, 0.4) is 0 Å². The van der Waals surface area contributed by atoms with E-state index in [4.69, 9.17) is 0 Å². The van der Waals surface area contributed by atoms with Crippen LogP contribution < -0.4 is 5.32 Å². The average molecular weight is 303 g/mol. The lowest BCUT2D eigenvalue weighted by Gasteiger charge is -2.12. The van der Waals surface area contributed by atoms with Gasteiger partial charge in [-0.25, -0.2) is 4.39 Å². The van der Waals surface area contributed by atoms with E-state index in [-0.39, 0.29) is 11.6 Å². The van der Waals surface area contributed by atoms with Crippen LogP contribution in [0, 0.1) is 5.82 Å². The maximum absolute atomic E-state index is 13.1. The van der Waals surface area contributed by atoms with Crippen LogP contribution in [-0.2, 0) is 13.0 Å². The SMILES string of the molecule is Oc1ccc(F)cc1CCCC(O)CNCc1ccccc1. The first kappa shape index (κ1) is 16.5. The lowest BCUT2D eigenvalue weighted by Crippen LogP contribution is -2.26. The normalized spacial score (nSPS) is 12.3. The van der Waals surface area contributed by atoms with Crippen molar-refractivity contribution >= 4 is 0 Å². The molecular weight excluding hydrogens is 281 g/mol. The van der Waals surface area contributed by atoms with Gasteiger partial charge in [0.15, 0.2) is 0 Å². The highest BCUT2D eigenvalue weighted by atomic mass is 19.1. The number of aliphatic hydroxyl groups excluding tert-OH is 1. The molecule has 0 heterocycles. The summed E-state index contributed by atoms with van der Waals surface area (Å²) in [6.45, 7) is 1.24. The first-order chi connectivity index (χ1) is 10.6. The summed E-state index contributed by atoms with van der Waals surface area (Å²) in [5.41, 5.74) is 1.77. The molecule has 118 valence electrons. The van der Waals surface area contributed by atoms with Crippen molar-refractivity contribution in [3.05, 3.63) is 65.5 Å². The minimum Gasteiger partial charge on any atom is -0.508 e. The molecule has 2 aromatic rings. The second-order valence-corrected chi connectivity index (χ2v) is 5.44. The molecule has 0 aliphatic rings. The minimum absolute atomic E-state index is 0.109. The molecule has 0 radical (unpaired) electrons. The number of benzene rings is 2. The molecule has 2 rings (SSSR count). The summed E-state index contributed by atoms with van der Waals surface area (Å²) in [4.78, 5) is 0. The fourth-order valence-electron chi connectivity index (χ4n) is 2.36. The van der Waals surface area contributed by atoms with Crippen molar-refractivity contribution in [1.29, 1.82) is 0 Å². The van der Waals surface area contributed by atoms with Crippen LogP contribution in [0.15, 0.2) is 48.5 Å². The van der Waals surface area contributed by atoms with Crippen LogP contribution in [0.5, 0.6) is 5.75 Å². The van der Waals surface area contributed by atoms with Gasteiger partial charge in [-0.05, 0) is 48.6 Å². The zero-order valence-electron chi connectivity index (χ0n) is 12.5. The predicted molar refractivity (Wildman–Crippen MR) is 85.2 cm³/mol. The van der Waals surface area contributed by atoms with E-state index in [1.165, 1.54) is 23.8 Å². The maximum Gasteiger partial charge on any atom is 0.123 e. The Bertz CT molecular complexity index is 575. The van der Waals surface area contributed by atoms with E-state index in [0.29, 0.717) is 31.4 Å². The summed E-state index contributed by atoms with van der Waals surface area (Å²) >= 11 is 0. The molecule has 1 unspecified atom stereocenters. The Labute approximate surface area is 130 Å². The summed E-state index contributed by atoms with van der Waals surface area (Å²) in [6, 6.07) is 14.0. The highest BCUT2D eigenvalue weighted by molar-refractivity contribution is 5.32. The van der Waals surface area contributed by atoms with Crippen molar-refractivity contribution in [1.82, 2.24) is 5.32 Å². The number of rotatable bonds is 8. The van der Waals surface area contributed by atoms with Gasteiger partial charge in [-0.2, -0.15) is 0 Å². The molecule has 0 fully saturated rings. The molecule has 3 nitrogen and oxygen atoms in total. The zero-order chi connectivity index (χ0) is 15.8. The molecule has 3 N–H and O–H groups in total. The van der Waals surface area contributed by atoms with E-state index >= 15 is 0 Å². The first-order valence-corrected chi connectivity index (χ1v) is 7.55. The smallest absolute Gasteiger partial charge is 0.123 e. The van der Waals surface area contributed by atoms with Crippen LogP contribution in [0.2, 0.25) is 0 Å². The number of aromatic hydroxyl groups is 1. The third-order valence-corrected chi connectivity index (χ3v) is 3.58. The lowest BCUT2D eigenvalue weighted by atomic mass is 10.0. The summed E-state index contributed by atoms with van der Waals surface area (Å²) in [5, 5.41) is 22.8. The Morgan fingerprint density at radius 1 is 1.09 bits per heavy atom. The zero-order valence-corrected chi connectivity index (χ0v) is 12.5. The molecule has 2 aromatic carbocycles. The van der Waals surface area contributed by atoms with Gasteiger partial charge in [0.1, 0.15) is 11.6 Å². The van der Waals surface area contributed by atoms with Crippen LogP contribution >= 0.6 is 0 Å². The molecule has 1 atom stereocenters. The number of aliphatic hydroxyl groups is 1. The summed E-state index contributed by atoms with van der Waals surface area (Å²) in [7, 11) is 0. The van der Waals surface area contributed by atoms with Crippen LogP contribution in [0.4, 0.5) is 4.39 Å². The Hall–Kier alpha value is -1.91. The second-order valence-electron chi connectivity index (χ2n) is 5.44. The lowest BCUT2D eigenvalue weighted by molar-refractivity contribution is 0.158. The number of nitrogens with one attached hydrogen (secondary N) is 1. The fourth-order valence-corrected chi connectivity index (χ4v) is 2.36. The fraction of sp³-hybridized carbons (Fsp3) is 0.333. The number of phenolic OH excluding ortho intramolecular Hbond substituents is 1. The van der Waals surface area contributed by atoms with Crippen molar-refractivity contribution in [2.75, 3.05) is 6.54 Å². The molecule has 0 aliphatic heterocycles. The molecular formula is C18H22FNO2. The molecule has 0 aliphatic carbocycles. The molecule has 0 aromatic heterocycles. The monoisotopic (exact) mass is 303 g/mol. The number of aryl methyl sites for hydroxylation is 1. The quantitative estimate of drug-likeness (QED) is 0.702. The average Bonchev–Trinajstić information content (AvgIpc) is 2.52. The van der Waals surface area contributed by atoms with Gasteiger partial charge in [-0.1, -0.05) is 30.3 Å². The minimum atomic E-state index is -0.445. The van der Waals surface area contributed by atoms with E-state index in [1.54, 1.807) is 0 Å². The topological polar surface area (TPSA) is 52.5 Å². The molecule has 4 heteroatoms. The van der Waals surface area contributed by atoms with Gasteiger partial charge in [-0.15, -0.1) is 0 Å². The standard InChI is InChI=1S/C18H22FNO2/c19-16-9-10-18(22)15(11-16)7-4-8-17(21)13-20-12-14-5-2-1-3-6-14/h1-3,5-6,9-11,17,20-22H,4,7-8,12-13H2. The Morgan fingerprint density at radius 3 is 2.64 bits per heavy atom. The van der Waals surface area contributed by atoms with Gasteiger partial charge in [0.05, 0.1) is 6.10 Å². The van der Waals surface area contributed by atoms with Gasteiger partial charge >= 0.3 is 0 Å². The van der Waals surface area contributed by atoms with Crippen molar-refractivity contribution in [2.24, 2.45) is 0 Å². The van der Waals surface area contributed by atoms with E-state index < -0.39 is 6.10 Å². The molecule has 0 spiro atoms. The van der Waals surface area contributed by atoms with Gasteiger partial charge in [0.2, 0.25) is 0 Å². The van der Waals surface area contributed by atoms with Gasteiger partial charge in [0, 0.05) is 13.1 Å². The molecule has 0 saturated carbocycles. The molecule has 22 heavy (non-hydrogen) atoms. The molecule has 0 saturated heterocycles. The van der Waals surface area contributed by atoms with Crippen LogP contribution in [-0.4, -0.2) is 22.9 Å². The van der Waals surface area contributed by atoms with E-state index in [9.17, 15) is 14.6 Å². The Balaban J connectivity index is 1.65. The Kier molecular flexibility index (Phi) is 6.37. The maximum atomic E-state index is 13.1. The summed E-state index contributed by atoms with van der Waals surface area (Å²) in [6.07, 6.45) is 1.42. The third kappa shape index (κ3) is 5.47. The largest absolute Gasteiger partial charge is 0.508 e. The van der Waals surface area contributed by atoms with E-state index in [0.717, 1.165) is 6.54 Å². The van der Waals surface area contributed by atoms with Crippen LogP contribution in [0.1, 0.15) is 24.0 Å². The summed E-state index contributed by atoms with van der Waals surface area (Å²) < 4.78 is 13.1. The van der Waals surface area contributed by atoms with Crippen molar-refractivity contribution in [2.45, 2.75) is 31.9 Å². The second kappa shape index (κ2) is 8.51. The highest BCUT2D eigenvalue weighted by Crippen LogP contribution is 2.20. The molecule has 0 amide bonds. The van der Waals surface area contributed by atoms with Crippen molar-refractivity contribution < 1.29 is 14.6 Å². The third-order valence-electron chi connectivity index (χ3n) is 3.58. The first-order valence-electron chi connectivity index (χ1n) is 7.55. The van der Waals surface area contributed by atoms with E-state index in [2.05, 4.69) is 5.32 Å². The van der Waals surface area contributed by atoms with Gasteiger partial charge < -0.3 is 15.5 Å². The van der Waals surface area contributed by atoms with Crippen LogP contribution in [0.25, 0.3) is 0 Å². The number of hydrogen-bond acceptors (Lipinski definition) is 3. The number of halogens is 1. The van der Waals surface area contributed by atoms with Crippen molar-refractivity contribution in [3.8, 4) is 5.75 Å². The predicted octanol–water partition coefficient (Wildman–Crippen LogP) is 3.00. The molecule has 0 bridgehead atoms. The van der Waals surface area contributed by atoms with E-state index in [1.807, 2.05) is 30.3 Å². The number of hydrogen-bond donors (Lipinski definition) is 3. The van der Waals surface area contributed by atoms with Crippen molar-refractivity contribution in [3.63, 3.8) is 0 Å². The summed E-state index contributed by atoms with van der Waals surface area (Å²) in [5.74, 6) is -0.240. The van der Waals surface area contributed by atoms with Gasteiger partial charge in [-0.3, -0.25) is 0 Å². The Morgan fingerprint density at radius 2 is 1.86 bits per heavy atom. The highest BCUT2D eigenvalue weighted by Gasteiger charge is 2.07. The number of phenols is 1. The van der Waals surface area contributed by atoms with Gasteiger partial charge in [0.25, 0.3) is 0 Å².